The minimum Gasteiger partial charge on any atom is -0.489 e. The fourth-order valence-corrected chi connectivity index (χ4v) is 1.44. The topological polar surface area (TPSA) is 39.2 Å². The van der Waals surface area contributed by atoms with Crippen LogP contribution in [-0.2, 0) is 4.74 Å². The molecule has 1 aromatic rings. The van der Waals surface area contributed by atoms with Gasteiger partial charge < -0.3 is 4.74 Å². The first kappa shape index (κ1) is 9.21. The third-order valence-corrected chi connectivity index (χ3v) is 2.12. The van der Waals surface area contributed by atoms with Gasteiger partial charge in [-0.25, -0.2) is 4.98 Å². The Morgan fingerprint density at radius 1 is 1.57 bits per heavy atom. The maximum atomic E-state index is 11.7. The van der Waals surface area contributed by atoms with Crippen LogP contribution >= 0.6 is 11.6 Å². The van der Waals surface area contributed by atoms with E-state index in [0.717, 1.165) is 6.42 Å². The number of hydrogen-bond acceptors (Lipinski definition) is 3. The molecule has 1 aromatic heterocycles. The number of ketones is 1. The molecule has 0 aliphatic carbocycles. The molecule has 0 saturated heterocycles. The van der Waals surface area contributed by atoms with Gasteiger partial charge in [0.05, 0.1) is 6.61 Å². The van der Waals surface area contributed by atoms with E-state index in [2.05, 4.69) is 4.98 Å². The van der Waals surface area contributed by atoms with E-state index in [-0.39, 0.29) is 5.78 Å². The summed E-state index contributed by atoms with van der Waals surface area (Å²) in [5, 5.41) is 0.314. The van der Waals surface area contributed by atoms with Crippen molar-refractivity contribution in [3.63, 3.8) is 0 Å². The summed E-state index contributed by atoms with van der Waals surface area (Å²) in [5.41, 5.74) is 0.512. The molecule has 2 rings (SSSR count). The highest BCUT2D eigenvalue weighted by molar-refractivity contribution is 6.29. The molecular weight excluding hydrogens is 202 g/mol. The van der Waals surface area contributed by atoms with Crippen LogP contribution in [0, 0.1) is 0 Å². The number of pyridine rings is 1. The molecule has 72 valence electrons. The number of ether oxygens (including phenoxy) is 1. The SMILES string of the molecule is O=C(C1=CCCO1)c1ccnc(Cl)c1. The fourth-order valence-electron chi connectivity index (χ4n) is 1.26. The molecule has 0 aromatic carbocycles. The normalized spacial score (nSPS) is 14.8. The number of carbonyl (C=O) groups is 1. The Hall–Kier alpha value is -1.35. The Balaban J connectivity index is 2.27. The Morgan fingerprint density at radius 3 is 3.07 bits per heavy atom. The Kier molecular flexibility index (Phi) is 2.50. The molecule has 0 N–H and O–H groups in total. The zero-order chi connectivity index (χ0) is 9.97. The number of nitrogens with zero attached hydrogens (tertiary/aromatic N) is 1. The standard InChI is InChI=1S/C10H8ClNO2/c11-9-6-7(3-4-12-9)10(13)8-2-1-5-14-8/h2-4,6H,1,5H2. The van der Waals surface area contributed by atoms with Gasteiger partial charge in [-0.15, -0.1) is 0 Å². The summed E-state index contributed by atoms with van der Waals surface area (Å²) in [6.45, 7) is 0.583. The third kappa shape index (κ3) is 1.77. The average Bonchev–Trinajstić information content (AvgIpc) is 2.69. The maximum Gasteiger partial charge on any atom is 0.227 e. The quantitative estimate of drug-likeness (QED) is 0.554. The van der Waals surface area contributed by atoms with E-state index in [1.165, 1.54) is 12.3 Å². The van der Waals surface area contributed by atoms with Crippen LogP contribution in [0.1, 0.15) is 16.8 Å². The highest BCUT2D eigenvalue weighted by atomic mass is 35.5. The molecule has 1 aliphatic rings. The molecule has 0 radical (unpaired) electrons. The lowest BCUT2D eigenvalue weighted by Gasteiger charge is -2.02. The average molecular weight is 210 g/mol. The number of hydrogen-bond donors (Lipinski definition) is 0. The van der Waals surface area contributed by atoms with Gasteiger partial charge in [-0.05, 0) is 18.2 Å². The number of Topliss-reactive ketones (excluding diaryl/α,β-unsaturated/α-hetero) is 1. The lowest BCUT2D eigenvalue weighted by Crippen LogP contribution is -2.03. The fraction of sp³-hybridized carbons (Fsp3) is 0.200. The molecule has 0 unspecified atom stereocenters. The molecule has 0 spiro atoms. The monoisotopic (exact) mass is 209 g/mol. The van der Waals surface area contributed by atoms with Gasteiger partial charge >= 0.3 is 0 Å². The summed E-state index contributed by atoms with van der Waals surface area (Å²) in [6.07, 6.45) is 4.08. The lowest BCUT2D eigenvalue weighted by atomic mass is 10.1. The minimum absolute atomic E-state index is 0.133. The van der Waals surface area contributed by atoms with Crippen LogP contribution in [0.15, 0.2) is 30.2 Å². The van der Waals surface area contributed by atoms with Gasteiger partial charge in [0, 0.05) is 18.2 Å². The summed E-state index contributed by atoms with van der Waals surface area (Å²) in [5.74, 6) is 0.277. The van der Waals surface area contributed by atoms with Crippen LogP contribution in [0.25, 0.3) is 0 Å². The van der Waals surface area contributed by atoms with Crippen molar-refractivity contribution in [1.29, 1.82) is 0 Å². The Bertz CT molecular complexity index is 401. The summed E-state index contributed by atoms with van der Waals surface area (Å²) < 4.78 is 5.16. The van der Waals surface area contributed by atoms with Crippen LogP contribution < -0.4 is 0 Å². The molecule has 3 nitrogen and oxygen atoms in total. The minimum atomic E-state index is -0.133. The van der Waals surface area contributed by atoms with Gasteiger partial charge in [-0.1, -0.05) is 11.6 Å². The predicted octanol–water partition coefficient (Wildman–Crippen LogP) is 2.22. The van der Waals surface area contributed by atoms with Crippen LogP contribution in [0.5, 0.6) is 0 Å². The second-order valence-corrected chi connectivity index (χ2v) is 3.29. The Morgan fingerprint density at radius 2 is 2.43 bits per heavy atom. The summed E-state index contributed by atoms with van der Waals surface area (Å²) >= 11 is 5.67. The van der Waals surface area contributed by atoms with Crippen LogP contribution in [0.4, 0.5) is 0 Å². The molecule has 0 fully saturated rings. The number of halogens is 1. The first-order valence-electron chi connectivity index (χ1n) is 4.26. The van der Waals surface area contributed by atoms with Gasteiger partial charge in [-0.2, -0.15) is 0 Å². The van der Waals surface area contributed by atoms with Gasteiger partial charge in [-0.3, -0.25) is 4.79 Å². The van der Waals surface area contributed by atoms with Crippen molar-refractivity contribution in [2.75, 3.05) is 6.61 Å². The first-order chi connectivity index (χ1) is 6.77. The molecule has 2 heterocycles. The van der Waals surface area contributed by atoms with Crippen LogP contribution in [-0.4, -0.2) is 17.4 Å². The van der Waals surface area contributed by atoms with E-state index in [0.29, 0.717) is 23.1 Å². The van der Waals surface area contributed by atoms with E-state index in [4.69, 9.17) is 16.3 Å². The number of carbonyl (C=O) groups excluding carboxylic acids is 1. The molecule has 4 heteroatoms. The van der Waals surface area contributed by atoms with E-state index in [9.17, 15) is 4.79 Å². The highest BCUT2D eigenvalue weighted by Crippen LogP contribution is 2.16. The maximum absolute atomic E-state index is 11.7. The highest BCUT2D eigenvalue weighted by Gasteiger charge is 2.16. The molecule has 0 amide bonds. The molecule has 1 aliphatic heterocycles. The van der Waals surface area contributed by atoms with Crippen molar-refractivity contribution < 1.29 is 9.53 Å². The molecular formula is C10H8ClNO2. The lowest BCUT2D eigenvalue weighted by molar-refractivity contribution is 0.0942. The van der Waals surface area contributed by atoms with Crippen molar-refractivity contribution in [2.45, 2.75) is 6.42 Å². The van der Waals surface area contributed by atoms with Crippen LogP contribution in [0.2, 0.25) is 5.15 Å². The van der Waals surface area contributed by atoms with Crippen molar-refractivity contribution >= 4 is 17.4 Å². The van der Waals surface area contributed by atoms with E-state index < -0.39 is 0 Å². The summed E-state index contributed by atoms with van der Waals surface area (Å²) in [7, 11) is 0. The predicted molar refractivity (Wildman–Crippen MR) is 52.2 cm³/mol. The molecule has 0 bridgehead atoms. The first-order valence-corrected chi connectivity index (χ1v) is 4.64. The van der Waals surface area contributed by atoms with E-state index >= 15 is 0 Å². The van der Waals surface area contributed by atoms with E-state index in [1.54, 1.807) is 12.1 Å². The van der Waals surface area contributed by atoms with Crippen molar-refractivity contribution in [1.82, 2.24) is 4.98 Å². The number of aromatic nitrogens is 1. The van der Waals surface area contributed by atoms with Gasteiger partial charge in [0.15, 0.2) is 5.76 Å². The summed E-state index contributed by atoms with van der Waals surface area (Å²) in [6, 6.07) is 3.16. The second-order valence-electron chi connectivity index (χ2n) is 2.90. The number of rotatable bonds is 2. The Labute approximate surface area is 86.4 Å². The molecule has 0 atom stereocenters. The smallest absolute Gasteiger partial charge is 0.227 e. The van der Waals surface area contributed by atoms with Gasteiger partial charge in [0.2, 0.25) is 5.78 Å². The second kappa shape index (κ2) is 3.80. The van der Waals surface area contributed by atoms with Gasteiger partial charge in [0.25, 0.3) is 0 Å². The van der Waals surface area contributed by atoms with Crippen molar-refractivity contribution in [3.05, 3.63) is 40.9 Å². The third-order valence-electron chi connectivity index (χ3n) is 1.92. The number of allylic oxidation sites excluding steroid dienone is 1. The van der Waals surface area contributed by atoms with Crippen molar-refractivity contribution in [3.8, 4) is 0 Å². The largest absolute Gasteiger partial charge is 0.489 e. The zero-order valence-electron chi connectivity index (χ0n) is 7.37. The van der Waals surface area contributed by atoms with Crippen LogP contribution in [0.3, 0.4) is 0 Å². The van der Waals surface area contributed by atoms with Crippen molar-refractivity contribution in [2.24, 2.45) is 0 Å². The molecule has 0 saturated carbocycles. The molecule has 14 heavy (non-hydrogen) atoms. The van der Waals surface area contributed by atoms with Gasteiger partial charge in [0.1, 0.15) is 5.15 Å². The van der Waals surface area contributed by atoms with E-state index in [1.807, 2.05) is 0 Å². The zero-order valence-corrected chi connectivity index (χ0v) is 8.12. The summed E-state index contributed by atoms with van der Waals surface area (Å²) in [4.78, 5) is 15.5.